The molecular formula is C22H36IN7O2. The van der Waals surface area contributed by atoms with E-state index in [0.717, 1.165) is 82.9 Å². The summed E-state index contributed by atoms with van der Waals surface area (Å²) in [4.78, 5) is 18.1. The van der Waals surface area contributed by atoms with Crippen molar-refractivity contribution in [2.75, 3.05) is 63.9 Å². The zero-order valence-electron chi connectivity index (χ0n) is 18.9. The van der Waals surface area contributed by atoms with Crippen LogP contribution in [0.1, 0.15) is 25.5 Å². The Balaban J connectivity index is 0.00000363. The third-order valence-electron chi connectivity index (χ3n) is 5.04. The first kappa shape index (κ1) is 26.3. The minimum absolute atomic E-state index is 0. The number of ether oxygens (including phenoxy) is 1. The molecule has 0 atom stereocenters. The zero-order chi connectivity index (χ0) is 21.6. The first-order valence-electron chi connectivity index (χ1n) is 11.2. The van der Waals surface area contributed by atoms with Crippen LogP contribution in [0.4, 0.5) is 5.95 Å². The predicted octanol–water partition coefficient (Wildman–Crippen LogP) is 2.36. The molecule has 0 radical (unpaired) electrons. The quantitative estimate of drug-likeness (QED) is 0.178. The molecule has 2 N–H and O–H groups in total. The van der Waals surface area contributed by atoms with Gasteiger partial charge in [0.15, 0.2) is 5.96 Å². The number of nitrogens with zero attached hydrogens (tertiary/aromatic N) is 5. The van der Waals surface area contributed by atoms with Gasteiger partial charge in [-0.1, -0.05) is 0 Å². The van der Waals surface area contributed by atoms with Gasteiger partial charge in [-0.15, -0.1) is 24.0 Å². The van der Waals surface area contributed by atoms with Crippen molar-refractivity contribution in [3.05, 3.63) is 42.6 Å². The van der Waals surface area contributed by atoms with Crippen LogP contribution >= 0.6 is 24.0 Å². The maximum atomic E-state index is 5.60. The van der Waals surface area contributed by atoms with Crippen LogP contribution in [0.2, 0.25) is 0 Å². The van der Waals surface area contributed by atoms with E-state index in [1.807, 2.05) is 18.2 Å². The fourth-order valence-corrected chi connectivity index (χ4v) is 3.40. The monoisotopic (exact) mass is 557 g/mol. The molecule has 3 heterocycles. The normalized spacial score (nSPS) is 14.8. The SMILES string of the molecule is CCNC(=NCCCOCc1ccco1)NCCCN1CCN(c2ncccn2)CC1.I. The predicted molar refractivity (Wildman–Crippen MR) is 138 cm³/mol. The summed E-state index contributed by atoms with van der Waals surface area (Å²) in [5.41, 5.74) is 0. The number of furan rings is 1. The maximum Gasteiger partial charge on any atom is 0.225 e. The van der Waals surface area contributed by atoms with Gasteiger partial charge in [-0.3, -0.25) is 9.89 Å². The van der Waals surface area contributed by atoms with E-state index in [1.165, 1.54) is 0 Å². The van der Waals surface area contributed by atoms with E-state index in [2.05, 4.69) is 42.3 Å². The van der Waals surface area contributed by atoms with Crippen molar-refractivity contribution in [3.8, 4) is 0 Å². The number of nitrogens with one attached hydrogen (secondary N) is 2. The molecule has 0 aromatic carbocycles. The molecule has 2 aromatic heterocycles. The molecule has 3 rings (SSSR count). The largest absolute Gasteiger partial charge is 0.467 e. The number of aliphatic imine (C=N–C) groups is 1. The summed E-state index contributed by atoms with van der Waals surface area (Å²) in [6.07, 6.45) is 7.23. The van der Waals surface area contributed by atoms with Crippen molar-refractivity contribution >= 4 is 35.9 Å². The van der Waals surface area contributed by atoms with Gasteiger partial charge in [0.2, 0.25) is 5.95 Å². The van der Waals surface area contributed by atoms with E-state index < -0.39 is 0 Å². The van der Waals surface area contributed by atoms with Gasteiger partial charge in [0.1, 0.15) is 12.4 Å². The standard InChI is InChI=1S/C22H35N7O2.HI/c1-2-23-21(25-11-6-17-30-19-20-7-3-18-31-20)24-10-5-12-28-13-15-29(16-14-28)22-26-8-4-9-27-22;/h3-4,7-9,18H,2,5-6,10-17,19H2,1H3,(H2,23,24,25);1H. The molecule has 9 nitrogen and oxygen atoms in total. The number of hydrogen-bond acceptors (Lipinski definition) is 7. The summed E-state index contributed by atoms with van der Waals surface area (Å²) in [5.74, 6) is 2.56. The van der Waals surface area contributed by atoms with Crippen LogP contribution in [0.25, 0.3) is 0 Å². The topological polar surface area (TPSA) is 91.1 Å². The molecule has 1 fully saturated rings. The number of piperazine rings is 1. The first-order chi connectivity index (χ1) is 15.3. The average molecular weight is 557 g/mol. The van der Waals surface area contributed by atoms with E-state index in [9.17, 15) is 0 Å². The molecule has 1 aliphatic rings. The van der Waals surface area contributed by atoms with Gasteiger partial charge in [0.05, 0.1) is 6.26 Å². The molecule has 32 heavy (non-hydrogen) atoms. The Morgan fingerprint density at radius 3 is 2.66 bits per heavy atom. The summed E-state index contributed by atoms with van der Waals surface area (Å²) >= 11 is 0. The lowest BCUT2D eigenvalue weighted by Gasteiger charge is -2.34. The highest BCUT2D eigenvalue weighted by molar-refractivity contribution is 14.0. The Labute approximate surface area is 208 Å². The minimum atomic E-state index is 0. The zero-order valence-corrected chi connectivity index (χ0v) is 21.2. The number of anilines is 1. The molecule has 2 aromatic rings. The van der Waals surface area contributed by atoms with Gasteiger partial charge in [0.25, 0.3) is 0 Å². The van der Waals surface area contributed by atoms with Crippen molar-refractivity contribution in [2.45, 2.75) is 26.4 Å². The van der Waals surface area contributed by atoms with Gasteiger partial charge in [0, 0.05) is 64.8 Å². The fourth-order valence-electron chi connectivity index (χ4n) is 3.40. The van der Waals surface area contributed by atoms with Gasteiger partial charge in [-0.2, -0.15) is 0 Å². The maximum absolute atomic E-state index is 5.60. The van der Waals surface area contributed by atoms with Crippen LogP contribution in [-0.2, 0) is 11.3 Å². The Hall–Kier alpha value is -1.92. The molecule has 0 saturated carbocycles. The number of halogens is 1. The number of rotatable bonds is 12. The van der Waals surface area contributed by atoms with Crippen molar-refractivity contribution in [1.82, 2.24) is 25.5 Å². The van der Waals surface area contributed by atoms with Crippen LogP contribution in [0.3, 0.4) is 0 Å². The Morgan fingerprint density at radius 1 is 1.12 bits per heavy atom. The lowest BCUT2D eigenvalue weighted by atomic mass is 10.3. The van der Waals surface area contributed by atoms with E-state index in [-0.39, 0.29) is 24.0 Å². The second-order valence-electron chi connectivity index (χ2n) is 7.40. The fraction of sp³-hybridized carbons (Fsp3) is 0.591. The molecular weight excluding hydrogens is 521 g/mol. The molecule has 10 heteroatoms. The van der Waals surface area contributed by atoms with Gasteiger partial charge in [-0.25, -0.2) is 9.97 Å². The Kier molecular flexibility index (Phi) is 13.0. The summed E-state index contributed by atoms with van der Waals surface area (Å²) in [7, 11) is 0. The van der Waals surface area contributed by atoms with Crippen LogP contribution < -0.4 is 15.5 Å². The number of hydrogen-bond donors (Lipinski definition) is 2. The summed E-state index contributed by atoms with van der Waals surface area (Å²) in [6, 6.07) is 5.65. The van der Waals surface area contributed by atoms with E-state index >= 15 is 0 Å². The van der Waals surface area contributed by atoms with Crippen LogP contribution in [0.5, 0.6) is 0 Å². The minimum Gasteiger partial charge on any atom is -0.467 e. The van der Waals surface area contributed by atoms with Crippen LogP contribution in [0.15, 0.2) is 46.3 Å². The van der Waals surface area contributed by atoms with Crippen molar-refractivity contribution in [2.24, 2.45) is 4.99 Å². The molecule has 0 bridgehead atoms. The second-order valence-corrected chi connectivity index (χ2v) is 7.40. The van der Waals surface area contributed by atoms with Crippen LogP contribution in [-0.4, -0.2) is 79.8 Å². The third kappa shape index (κ3) is 9.70. The van der Waals surface area contributed by atoms with Gasteiger partial charge >= 0.3 is 0 Å². The summed E-state index contributed by atoms with van der Waals surface area (Å²) < 4.78 is 10.9. The van der Waals surface area contributed by atoms with E-state index in [4.69, 9.17) is 9.15 Å². The van der Waals surface area contributed by atoms with E-state index in [0.29, 0.717) is 13.2 Å². The molecule has 0 amide bonds. The van der Waals surface area contributed by atoms with Crippen molar-refractivity contribution in [3.63, 3.8) is 0 Å². The van der Waals surface area contributed by atoms with Crippen molar-refractivity contribution in [1.29, 1.82) is 0 Å². The Morgan fingerprint density at radius 2 is 1.94 bits per heavy atom. The average Bonchev–Trinajstić information content (AvgIpc) is 3.33. The van der Waals surface area contributed by atoms with Gasteiger partial charge in [-0.05, 0) is 44.5 Å². The first-order valence-corrected chi connectivity index (χ1v) is 11.2. The Bertz CT molecular complexity index is 738. The molecule has 0 unspecified atom stereocenters. The number of aromatic nitrogens is 2. The molecule has 1 aliphatic heterocycles. The third-order valence-corrected chi connectivity index (χ3v) is 5.04. The highest BCUT2D eigenvalue weighted by Crippen LogP contribution is 2.09. The second kappa shape index (κ2) is 15.8. The van der Waals surface area contributed by atoms with Gasteiger partial charge < -0.3 is 24.7 Å². The number of guanidine groups is 1. The van der Waals surface area contributed by atoms with E-state index in [1.54, 1.807) is 18.7 Å². The lowest BCUT2D eigenvalue weighted by Crippen LogP contribution is -2.47. The van der Waals surface area contributed by atoms with Crippen molar-refractivity contribution < 1.29 is 9.15 Å². The highest BCUT2D eigenvalue weighted by atomic mass is 127. The molecule has 178 valence electrons. The smallest absolute Gasteiger partial charge is 0.225 e. The summed E-state index contributed by atoms with van der Waals surface area (Å²) in [5, 5.41) is 6.74. The molecule has 1 saturated heterocycles. The summed E-state index contributed by atoms with van der Waals surface area (Å²) in [6.45, 7) is 10.9. The highest BCUT2D eigenvalue weighted by Gasteiger charge is 2.18. The lowest BCUT2D eigenvalue weighted by molar-refractivity contribution is 0.105. The van der Waals surface area contributed by atoms with Crippen LogP contribution in [0, 0.1) is 0 Å². The molecule has 0 aliphatic carbocycles. The molecule has 0 spiro atoms.